The lowest BCUT2D eigenvalue weighted by molar-refractivity contribution is -0.131. The molecule has 1 aromatic carbocycles. The number of aromatic nitrogens is 1. The fraction of sp³-hybridized carbons (Fsp3) is 0.594. The number of benzene rings is 1. The maximum absolute atomic E-state index is 13.5. The molecule has 39 heavy (non-hydrogen) atoms. The Morgan fingerprint density at radius 2 is 1.69 bits per heavy atom. The van der Waals surface area contributed by atoms with E-state index >= 15 is 0 Å². The highest BCUT2D eigenvalue weighted by molar-refractivity contribution is 5.90. The van der Waals surface area contributed by atoms with Crippen molar-refractivity contribution in [3.05, 3.63) is 59.9 Å². The number of amides is 2. The van der Waals surface area contributed by atoms with Crippen LogP contribution in [0, 0.1) is 11.8 Å². The summed E-state index contributed by atoms with van der Waals surface area (Å²) in [5.41, 5.74) is 1.55. The molecule has 214 valence electrons. The maximum atomic E-state index is 13.5. The van der Waals surface area contributed by atoms with E-state index in [2.05, 4.69) is 34.8 Å². The molecule has 1 heterocycles. The second kappa shape index (κ2) is 15.0. The number of rotatable bonds is 13. The van der Waals surface area contributed by atoms with E-state index in [1.54, 1.807) is 12.4 Å². The molecule has 1 aliphatic carbocycles. The Morgan fingerprint density at radius 1 is 0.974 bits per heavy atom. The molecule has 0 spiro atoms. The number of carbonyl (C=O) groups is 2. The molecule has 0 radical (unpaired) electrons. The highest BCUT2D eigenvalue weighted by Crippen LogP contribution is 2.23. The van der Waals surface area contributed by atoms with Gasteiger partial charge in [0.1, 0.15) is 18.4 Å². The lowest BCUT2D eigenvalue weighted by Crippen LogP contribution is -2.56. The van der Waals surface area contributed by atoms with Crippen molar-refractivity contribution in [2.24, 2.45) is 11.8 Å². The highest BCUT2D eigenvalue weighted by Gasteiger charge is 2.29. The number of hydrogen-bond acceptors (Lipinski definition) is 5. The predicted octanol–water partition coefficient (Wildman–Crippen LogP) is 5.19. The molecule has 7 heteroatoms. The second-order valence-corrected chi connectivity index (χ2v) is 12.4. The maximum Gasteiger partial charge on any atom is 0.243 e. The third-order valence-corrected chi connectivity index (χ3v) is 7.02. The minimum atomic E-state index is -0.676. The zero-order chi connectivity index (χ0) is 28.3. The van der Waals surface area contributed by atoms with Crippen molar-refractivity contribution in [3.63, 3.8) is 0 Å². The fourth-order valence-electron chi connectivity index (χ4n) is 5.00. The van der Waals surface area contributed by atoms with Crippen LogP contribution >= 0.6 is 0 Å². The molecule has 1 aromatic heterocycles. The van der Waals surface area contributed by atoms with E-state index in [-0.39, 0.29) is 17.9 Å². The van der Waals surface area contributed by atoms with E-state index in [9.17, 15) is 9.59 Å². The van der Waals surface area contributed by atoms with Crippen LogP contribution in [0.5, 0.6) is 5.75 Å². The molecule has 0 saturated heterocycles. The van der Waals surface area contributed by atoms with Crippen molar-refractivity contribution in [2.45, 2.75) is 104 Å². The number of nitrogens with zero attached hydrogens (tertiary/aromatic N) is 1. The quantitative estimate of drug-likeness (QED) is 0.328. The Kier molecular flexibility index (Phi) is 11.8. The van der Waals surface area contributed by atoms with Crippen LogP contribution in [0.2, 0.25) is 0 Å². The SMILES string of the molecule is CC(C)C[C@H](NCC1CCCCC1)C(=O)N[C@H](Cc1ccc(OCc2cccnc2)cc1)C(=O)NC(C)(C)C. The van der Waals surface area contributed by atoms with Crippen LogP contribution in [0.15, 0.2) is 48.8 Å². The summed E-state index contributed by atoms with van der Waals surface area (Å²) in [6.45, 7) is 11.4. The van der Waals surface area contributed by atoms with Crippen LogP contribution in [-0.2, 0) is 22.6 Å². The largest absolute Gasteiger partial charge is 0.489 e. The van der Waals surface area contributed by atoms with Crippen molar-refractivity contribution in [1.82, 2.24) is 20.9 Å². The van der Waals surface area contributed by atoms with E-state index in [4.69, 9.17) is 4.74 Å². The van der Waals surface area contributed by atoms with Gasteiger partial charge < -0.3 is 20.7 Å². The molecule has 1 fully saturated rings. The lowest BCUT2D eigenvalue weighted by atomic mass is 9.89. The van der Waals surface area contributed by atoms with Crippen LogP contribution in [-0.4, -0.2) is 41.0 Å². The monoisotopic (exact) mass is 536 g/mol. The van der Waals surface area contributed by atoms with Crippen LogP contribution < -0.4 is 20.7 Å². The smallest absolute Gasteiger partial charge is 0.243 e. The van der Waals surface area contributed by atoms with Crippen LogP contribution in [0.4, 0.5) is 0 Å². The summed E-state index contributed by atoms with van der Waals surface area (Å²) >= 11 is 0. The first-order chi connectivity index (χ1) is 18.6. The minimum absolute atomic E-state index is 0.106. The van der Waals surface area contributed by atoms with E-state index < -0.39 is 11.6 Å². The summed E-state index contributed by atoms with van der Waals surface area (Å²) in [5, 5.41) is 9.69. The molecule has 7 nitrogen and oxygen atoms in total. The van der Waals surface area contributed by atoms with Gasteiger partial charge in [-0.1, -0.05) is 51.3 Å². The van der Waals surface area contributed by atoms with Gasteiger partial charge in [-0.15, -0.1) is 0 Å². The summed E-state index contributed by atoms with van der Waals surface area (Å²) < 4.78 is 5.88. The van der Waals surface area contributed by atoms with E-state index in [0.29, 0.717) is 24.9 Å². The lowest BCUT2D eigenvalue weighted by Gasteiger charge is -2.29. The number of pyridine rings is 1. The van der Waals surface area contributed by atoms with Gasteiger partial charge in [0.05, 0.1) is 6.04 Å². The molecule has 1 aliphatic rings. The average Bonchev–Trinajstić information content (AvgIpc) is 2.90. The third-order valence-electron chi connectivity index (χ3n) is 7.02. The Hall–Kier alpha value is -2.93. The van der Waals surface area contributed by atoms with Crippen molar-refractivity contribution < 1.29 is 14.3 Å². The molecule has 0 bridgehead atoms. The molecule has 3 N–H and O–H groups in total. The van der Waals surface area contributed by atoms with Gasteiger partial charge in [0.25, 0.3) is 0 Å². The van der Waals surface area contributed by atoms with Crippen molar-refractivity contribution >= 4 is 11.8 Å². The van der Waals surface area contributed by atoms with Crippen LogP contribution in [0.25, 0.3) is 0 Å². The predicted molar refractivity (Wildman–Crippen MR) is 156 cm³/mol. The van der Waals surface area contributed by atoms with Gasteiger partial charge in [0.15, 0.2) is 0 Å². The Labute approximate surface area is 234 Å². The summed E-state index contributed by atoms with van der Waals surface area (Å²) in [5.74, 6) is 1.44. The minimum Gasteiger partial charge on any atom is -0.489 e. The van der Waals surface area contributed by atoms with Gasteiger partial charge in [0.2, 0.25) is 11.8 Å². The first kappa shape index (κ1) is 30.6. The average molecular weight is 537 g/mol. The van der Waals surface area contributed by atoms with Gasteiger partial charge in [-0.25, -0.2) is 0 Å². The fourth-order valence-corrected chi connectivity index (χ4v) is 5.00. The number of nitrogens with one attached hydrogen (secondary N) is 3. The molecule has 0 unspecified atom stereocenters. The Bertz CT molecular complexity index is 1010. The molecule has 2 atom stereocenters. The molecular formula is C32H48N4O3. The van der Waals surface area contributed by atoms with E-state index in [1.807, 2.05) is 57.2 Å². The molecule has 3 rings (SSSR count). The zero-order valence-corrected chi connectivity index (χ0v) is 24.5. The van der Waals surface area contributed by atoms with Crippen molar-refractivity contribution in [2.75, 3.05) is 6.54 Å². The molecular weight excluding hydrogens is 488 g/mol. The first-order valence-electron chi connectivity index (χ1n) is 14.6. The van der Waals surface area contributed by atoms with Gasteiger partial charge >= 0.3 is 0 Å². The Morgan fingerprint density at radius 3 is 2.31 bits per heavy atom. The van der Waals surface area contributed by atoms with Gasteiger partial charge in [-0.3, -0.25) is 14.6 Å². The normalized spacial score (nSPS) is 15.9. The van der Waals surface area contributed by atoms with Crippen molar-refractivity contribution in [3.8, 4) is 5.75 Å². The summed E-state index contributed by atoms with van der Waals surface area (Å²) in [7, 11) is 0. The third kappa shape index (κ3) is 11.4. The van der Waals surface area contributed by atoms with E-state index in [1.165, 1.54) is 32.1 Å². The van der Waals surface area contributed by atoms with Gasteiger partial charge in [-0.2, -0.15) is 0 Å². The van der Waals surface area contributed by atoms with E-state index in [0.717, 1.165) is 29.8 Å². The molecule has 2 aromatic rings. The first-order valence-corrected chi connectivity index (χ1v) is 14.6. The molecule has 0 aliphatic heterocycles. The number of ether oxygens (including phenoxy) is 1. The van der Waals surface area contributed by atoms with Crippen LogP contribution in [0.3, 0.4) is 0 Å². The highest BCUT2D eigenvalue weighted by atomic mass is 16.5. The van der Waals surface area contributed by atoms with Crippen molar-refractivity contribution in [1.29, 1.82) is 0 Å². The number of carbonyl (C=O) groups excluding carboxylic acids is 2. The molecule has 2 amide bonds. The standard InChI is InChI=1S/C32H48N4O3/c1-23(2)18-28(34-21-25-10-7-6-8-11-25)30(37)35-29(31(38)36-32(3,4)5)19-24-13-15-27(16-14-24)39-22-26-12-9-17-33-20-26/h9,12-17,20,23,25,28-29,34H,6-8,10-11,18-19,21-22H2,1-5H3,(H,35,37)(H,36,38)/t28-,29+/m0/s1. The Balaban J connectivity index is 1.66. The zero-order valence-electron chi connectivity index (χ0n) is 24.5. The van der Waals surface area contributed by atoms with Gasteiger partial charge in [0, 0.05) is 29.9 Å². The van der Waals surface area contributed by atoms with Crippen LogP contribution in [0.1, 0.15) is 84.3 Å². The molecule has 1 saturated carbocycles. The summed E-state index contributed by atoms with van der Waals surface area (Å²) in [6.07, 6.45) is 11.0. The number of hydrogen-bond donors (Lipinski definition) is 3. The second-order valence-electron chi connectivity index (χ2n) is 12.4. The topological polar surface area (TPSA) is 92.3 Å². The van der Waals surface area contributed by atoms with Gasteiger partial charge in [-0.05, 0) is 82.2 Å². The summed E-state index contributed by atoms with van der Waals surface area (Å²) in [6, 6.07) is 10.6. The summed E-state index contributed by atoms with van der Waals surface area (Å²) in [4.78, 5) is 30.9.